The second-order valence-corrected chi connectivity index (χ2v) is 14.8. The maximum atomic E-state index is 12.6. The molecule has 0 aliphatic carbocycles. The van der Waals surface area contributed by atoms with Gasteiger partial charge in [-0.05, 0) is 83.5 Å². The predicted molar refractivity (Wildman–Crippen MR) is 230 cm³/mol. The zero-order valence-corrected chi connectivity index (χ0v) is 35.3. The van der Waals surface area contributed by atoms with Gasteiger partial charge in [0, 0.05) is 13.0 Å². The van der Waals surface area contributed by atoms with Gasteiger partial charge >= 0.3 is 19.8 Å². The minimum absolute atomic E-state index is 0.0175. The van der Waals surface area contributed by atoms with Crippen LogP contribution in [0.15, 0.2) is 97.2 Å². The molecule has 0 fully saturated rings. The normalized spacial score (nSPS) is 14.9. The summed E-state index contributed by atoms with van der Waals surface area (Å²) < 4.78 is 33.2. The molecular formula is C45H74NO9P. The summed E-state index contributed by atoms with van der Waals surface area (Å²) in [6, 6.07) is -1.49. The van der Waals surface area contributed by atoms with E-state index in [4.69, 9.17) is 24.8 Å². The van der Waals surface area contributed by atoms with Crippen molar-refractivity contribution in [2.75, 3.05) is 26.4 Å². The predicted octanol–water partition coefficient (Wildman–Crippen LogP) is 11.4. The average molecular weight is 804 g/mol. The van der Waals surface area contributed by atoms with E-state index >= 15 is 0 Å². The summed E-state index contributed by atoms with van der Waals surface area (Å²) in [4.78, 5) is 33.4. The lowest BCUT2D eigenvalue weighted by molar-refractivity contribution is -0.154. The van der Waals surface area contributed by atoms with Crippen LogP contribution in [0.1, 0.15) is 136 Å². The maximum absolute atomic E-state index is 12.6. The van der Waals surface area contributed by atoms with E-state index in [0.717, 1.165) is 77.0 Å². The van der Waals surface area contributed by atoms with Gasteiger partial charge in [0.05, 0.1) is 19.8 Å². The van der Waals surface area contributed by atoms with Gasteiger partial charge in [-0.2, -0.15) is 0 Å². The van der Waals surface area contributed by atoms with Crippen LogP contribution in [0, 0.1) is 0 Å². The van der Waals surface area contributed by atoms with Gasteiger partial charge in [-0.1, -0.05) is 143 Å². The molecule has 0 bridgehead atoms. The Morgan fingerprint density at radius 1 is 0.589 bits per heavy atom. The van der Waals surface area contributed by atoms with Crippen molar-refractivity contribution in [2.45, 2.75) is 148 Å². The molecule has 0 aliphatic rings. The van der Waals surface area contributed by atoms with Crippen LogP contribution in [0.4, 0.5) is 0 Å². The molecule has 11 heteroatoms. The number of phosphoric ester groups is 1. The van der Waals surface area contributed by atoms with Crippen LogP contribution < -0.4 is 5.73 Å². The molecule has 318 valence electrons. The zero-order chi connectivity index (χ0) is 41.2. The number of carboxylic acids is 1. The molecule has 0 rings (SSSR count). The fourth-order valence-electron chi connectivity index (χ4n) is 4.89. The first-order chi connectivity index (χ1) is 27.2. The molecule has 4 N–H and O–H groups in total. The lowest BCUT2D eigenvalue weighted by Crippen LogP contribution is -2.34. The second-order valence-electron chi connectivity index (χ2n) is 13.4. The Labute approximate surface area is 339 Å². The van der Waals surface area contributed by atoms with Crippen molar-refractivity contribution in [3.63, 3.8) is 0 Å². The van der Waals surface area contributed by atoms with Gasteiger partial charge in [0.15, 0.2) is 0 Å². The van der Waals surface area contributed by atoms with E-state index in [0.29, 0.717) is 19.4 Å². The molecular weight excluding hydrogens is 729 g/mol. The molecule has 0 aromatic rings. The SMILES string of the molecule is CC/C=C\C/C=C\C/C=C\C/C=C\C/C=C\C/C=C\C/C=C\CCCC(=O)OC(COCCCCCCCC/C=C\CCC)COP(=O)(O)OCC(N)C(=O)O. The topological polar surface area (TPSA) is 155 Å². The van der Waals surface area contributed by atoms with Crippen molar-refractivity contribution in [1.82, 2.24) is 0 Å². The van der Waals surface area contributed by atoms with Crippen molar-refractivity contribution in [3.05, 3.63) is 97.2 Å². The lowest BCUT2D eigenvalue weighted by Gasteiger charge is -2.20. The third-order valence-electron chi connectivity index (χ3n) is 8.08. The number of unbranched alkanes of at least 4 members (excludes halogenated alkanes) is 8. The van der Waals surface area contributed by atoms with Gasteiger partial charge in [-0.15, -0.1) is 0 Å². The number of carbonyl (C=O) groups excluding carboxylic acids is 1. The highest BCUT2D eigenvalue weighted by Crippen LogP contribution is 2.43. The number of phosphoric acid groups is 1. The largest absolute Gasteiger partial charge is 0.480 e. The first kappa shape index (κ1) is 52.9. The molecule has 0 saturated heterocycles. The van der Waals surface area contributed by atoms with Crippen LogP contribution in [0.2, 0.25) is 0 Å². The maximum Gasteiger partial charge on any atom is 0.472 e. The van der Waals surface area contributed by atoms with Crippen LogP contribution in [0.5, 0.6) is 0 Å². The summed E-state index contributed by atoms with van der Waals surface area (Å²) in [5, 5.41) is 8.88. The van der Waals surface area contributed by atoms with E-state index in [2.05, 4.69) is 110 Å². The number of carboxylic acid groups (broad SMARTS) is 1. The zero-order valence-electron chi connectivity index (χ0n) is 34.4. The first-order valence-electron chi connectivity index (χ1n) is 20.8. The molecule has 0 saturated carbocycles. The quantitative estimate of drug-likeness (QED) is 0.0238. The average Bonchev–Trinajstić information content (AvgIpc) is 3.18. The van der Waals surface area contributed by atoms with Gasteiger partial charge in [-0.3, -0.25) is 18.6 Å². The van der Waals surface area contributed by atoms with Crippen LogP contribution in [-0.2, 0) is 32.7 Å². The highest BCUT2D eigenvalue weighted by atomic mass is 31.2. The fraction of sp³-hybridized carbons (Fsp3) is 0.600. The van der Waals surface area contributed by atoms with E-state index in [1.54, 1.807) is 0 Å². The number of rotatable bonds is 38. The molecule has 56 heavy (non-hydrogen) atoms. The summed E-state index contributed by atoms with van der Waals surface area (Å²) in [6.45, 7) is 3.59. The first-order valence-corrected chi connectivity index (χ1v) is 22.3. The smallest absolute Gasteiger partial charge is 0.472 e. The van der Waals surface area contributed by atoms with E-state index in [1.165, 1.54) is 25.7 Å². The summed E-state index contributed by atoms with van der Waals surface area (Å²) in [5.74, 6) is -1.85. The van der Waals surface area contributed by atoms with Gasteiger partial charge in [0.25, 0.3) is 0 Å². The minimum atomic E-state index is -4.64. The van der Waals surface area contributed by atoms with Crippen molar-refractivity contribution < 1.29 is 42.7 Å². The number of aliphatic carboxylic acids is 1. The van der Waals surface area contributed by atoms with Crippen LogP contribution in [0.25, 0.3) is 0 Å². The van der Waals surface area contributed by atoms with Crippen LogP contribution in [0.3, 0.4) is 0 Å². The molecule has 0 amide bonds. The van der Waals surface area contributed by atoms with Gasteiger partial charge in [0.1, 0.15) is 12.1 Å². The highest BCUT2D eigenvalue weighted by molar-refractivity contribution is 7.47. The molecule has 10 nitrogen and oxygen atoms in total. The Bertz CT molecular complexity index is 1250. The van der Waals surface area contributed by atoms with Crippen LogP contribution in [-0.4, -0.2) is 60.5 Å². The summed E-state index contributed by atoms with van der Waals surface area (Å²) in [6.07, 6.45) is 51.9. The molecule has 3 unspecified atom stereocenters. The third kappa shape index (κ3) is 39.1. The number of nitrogens with two attached hydrogens (primary N) is 1. The molecule has 0 aromatic heterocycles. The van der Waals surface area contributed by atoms with E-state index in [1.807, 2.05) is 6.08 Å². The number of allylic oxidation sites excluding steroid dienone is 16. The van der Waals surface area contributed by atoms with Crippen LogP contribution >= 0.6 is 7.82 Å². The second kappa shape index (κ2) is 40.1. The van der Waals surface area contributed by atoms with Crippen molar-refractivity contribution in [3.8, 4) is 0 Å². The van der Waals surface area contributed by atoms with Crippen molar-refractivity contribution >= 4 is 19.8 Å². The Balaban J connectivity index is 4.38. The van der Waals surface area contributed by atoms with Gasteiger partial charge in [-0.25, -0.2) is 4.57 Å². The van der Waals surface area contributed by atoms with Crippen molar-refractivity contribution in [1.29, 1.82) is 0 Å². The summed E-state index contributed by atoms with van der Waals surface area (Å²) >= 11 is 0. The molecule has 0 aromatic carbocycles. The van der Waals surface area contributed by atoms with E-state index in [-0.39, 0.29) is 13.0 Å². The molecule has 0 heterocycles. The molecule has 0 radical (unpaired) electrons. The van der Waals surface area contributed by atoms with Gasteiger partial charge < -0.3 is 25.2 Å². The summed E-state index contributed by atoms with van der Waals surface area (Å²) in [7, 11) is -4.64. The number of esters is 1. The van der Waals surface area contributed by atoms with Crippen molar-refractivity contribution in [2.24, 2.45) is 5.73 Å². The van der Waals surface area contributed by atoms with E-state index in [9.17, 15) is 19.0 Å². The molecule has 3 atom stereocenters. The Hall–Kier alpha value is -3.11. The number of hydrogen-bond acceptors (Lipinski definition) is 8. The standard InChI is InChI=1S/C45H74NO9P/c1-3-5-7-9-11-13-15-16-17-18-19-20-21-22-23-24-25-26-27-29-31-33-35-37-44(47)55-42(40-53-56(50,51)54-41-43(46)45(48)49)39-52-38-36-34-32-30-28-14-12-10-8-6-4-2/h5,7-8,10-11,13,16-17,19-20,22-23,25-26,29,31,42-43H,3-4,6,9,12,14-15,18,21,24,27-28,30,32-41,46H2,1-2H3,(H,48,49)(H,50,51)/b7-5-,10-8-,13-11-,17-16-,20-19-,23-22-,26-25-,31-29-. The molecule has 0 spiro atoms. The molecule has 0 aliphatic heterocycles. The Morgan fingerprint density at radius 2 is 1.04 bits per heavy atom. The number of ether oxygens (including phenoxy) is 2. The number of carbonyl (C=O) groups is 2. The lowest BCUT2D eigenvalue weighted by atomic mass is 10.1. The van der Waals surface area contributed by atoms with Gasteiger partial charge in [0.2, 0.25) is 0 Å². The Morgan fingerprint density at radius 3 is 1.57 bits per heavy atom. The van der Waals surface area contributed by atoms with E-state index < -0.39 is 45.1 Å². The fourth-order valence-corrected chi connectivity index (χ4v) is 5.66. The number of hydrogen-bond donors (Lipinski definition) is 3. The summed E-state index contributed by atoms with van der Waals surface area (Å²) in [5.41, 5.74) is 5.34. The Kier molecular flexibility index (Phi) is 37.9. The highest BCUT2D eigenvalue weighted by Gasteiger charge is 2.27. The minimum Gasteiger partial charge on any atom is -0.480 e. The third-order valence-corrected chi connectivity index (χ3v) is 9.03. The monoisotopic (exact) mass is 804 g/mol.